The van der Waals surface area contributed by atoms with Crippen molar-refractivity contribution in [3.63, 3.8) is 0 Å². The Morgan fingerprint density at radius 1 is 1.00 bits per heavy atom. The molecule has 0 saturated carbocycles. The molecule has 0 saturated heterocycles. The normalized spacial score (nSPS) is 15.6. The fourth-order valence-electron chi connectivity index (χ4n) is 2.75. The second-order valence-electron chi connectivity index (χ2n) is 5.36. The second kappa shape index (κ2) is 6.37. The lowest BCUT2D eigenvalue weighted by molar-refractivity contribution is 0.585. The van der Waals surface area contributed by atoms with E-state index in [4.69, 9.17) is 0 Å². The number of halogens is 2. The van der Waals surface area contributed by atoms with Gasteiger partial charge in [0.2, 0.25) is 0 Å². The summed E-state index contributed by atoms with van der Waals surface area (Å²) in [7, 11) is -2.36. The van der Waals surface area contributed by atoms with Crippen LogP contribution in [-0.4, -0.2) is 28.6 Å². The molecule has 5 nitrogen and oxygen atoms in total. The standard InChI is InChI=1S/C16H17F2N3O2S/c1-19-10-5-11-20-16-13(18)7-4-9-15(16)21(24(20,22)23)14-8-3-2-6-12(14)17/h2-4,6-9,19H,5,10-11H2,1H3. The van der Waals surface area contributed by atoms with Crippen LogP contribution in [-0.2, 0) is 10.2 Å². The Hall–Kier alpha value is -2.19. The lowest BCUT2D eigenvalue weighted by atomic mass is 10.2. The van der Waals surface area contributed by atoms with Gasteiger partial charge in [-0.3, -0.25) is 0 Å². The van der Waals surface area contributed by atoms with Crippen LogP contribution in [0.25, 0.3) is 0 Å². The summed E-state index contributed by atoms with van der Waals surface area (Å²) in [6, 6.07) is 9.63. The van der Waals surface area contributed by atoms with Crippen LogP contribution in [0.4, 0.5) is 25.8 Å². The number of benzene rings is 2. The van der Waals surface area contributed by atoms with E-state index in [9.17, 15) is 17.2 Å². The minimum Gasteiger partial charge on any atom is -0.320 e. The molecular weight excluding hydrogens is 336 g/mol. The molecule has 0 unspecified atom stereocenters. The number of hydrogen-bond acceptors (Lipinski definition) is 3. The average Bonchev–Trinajstić information content (AvgIpc) is 2.77. The summed E-state index contributed by atoms with van der Waals surface area (Å²) in [5.74, 6) is -1.34. The van der Waals surface area contributed by atoms with Crippen molar-refractivity contribution >= 4 is 27.3 Å². The Labute approximate surface area is 139 Å². The Bertz CT molecular complexity index is 858. The van der Waals surface area contributed by atoms with Gasteiger partial charge in [0.25, 0.3) is 0 Å². The summed E-state index contributed by atoms with van der Waals surface area (Å²) in [6.45, 7) is 0.678. The van der Waals surface area contributed by atoms with E-state index in [2.05, 4.69) is 5.32 Å². The molecule has 3 rings (SSSR count). The molecule has 24 heavy (non-hydrogen) atoms. The molecule has 0 aliphatic carbocycles. The summed E-state index contributed by atoms with van der Waals surface area (Å²) in [6.07, 6.45) is 0.495. The maximum absolute atomic E-state index is 14.3. The highest BCUT2D eigenvalue weighted by Crippen LogP contribution is 2.47. The maximum atomic E-state index is 14.3. The summed E-state index contributed by atoms with van der Waals surface area (Å²) < 4.78 is 56.3. The minimum absolute atomic E-state index is 0.0446. The number of nitrogens with one attached hydrogen (secondary N) is 1. The Morgan fingerprint density at radius 3 is 2.38 bits per heavy atom. The van der Waals surface area contributed by atoms with Gasteiger partial charge in [-0.2, -0.15) is 8.42 Å². The molecule has 1 N–H and O–H groups in total. The van der Waals surface area contributed by atoms with Gasteiger partial charge < -0.3 is 5.32 Å². The number of hydrogen-bond donors (Lipinski definition) is 1. The molecule has 1 aliphatic rings. The number of fused-ring (bicyclic) bond motifs is 1. The Kier molecular flexibility index (Phi) is 4.42. The van der Waals surface area contributed by atoms with Crippen LogP contribution in [0.3, 0.4) is 0 Å². The Balaban J connectivity index is 2.15. The molecule has 0 atom stereocenters. The lowest BCUT2D eigenvalue weighted by Gasteiger charge is -2.22. The first-order valence-electron chi connectivity index (χ1n) is 7.49. The zero-order valence-electron chi connectivity index (χ0n) is 13.0. The highest BCUT2D eigenvalue weighted by atomic mass is 32.2. The summed E-state index contributed by atoms with van der Waals surface area (Å²) in [5, 5.41) is 2.92. The van der Waals surface area contributed by atoms with Crippen molar-refractivity contribution in [3.8, 4) is 0 Å². The third kappa shape index (κ3) is 2.61. The van der Waals surface area contributed by atoms with Crippen LogP contribution < -0.4 is 13.9 Å². The van der Waals surface area contributed by atoms with Gasteiger partial charge in [-0.05, 0) is 44.3 Å². The van der Waals surface area contributed by atoms with Crippen molar-refractivity contribution in [2.45, 2.75) is 6.42 Å². The second-order valence-corrected chi connectivity index (χ2v) is 7.06. The van der Waals surface area contributed by atoms with Crippen molar-refractivity contribution in [2.75, 3.05) is 28.7 Å². The first-order valence-corrected chi connectivity index (χ1v) is 8.89. The van der Waals surface area contributed by atoms with Crippen LogP contribution in [0, 0.1) is 11.6 Å². The molecular formula is C16H17F2N3O2S. The zero-order chi connectivity index (χ0) is 17.3. The summed E-state index contributed by atoms with van der Waals surface area (Å²) in [4.78, 5) is 0. The maximum Gasteiger partial charge on any atom is 0.331 e. The van der Waals surface area contributed by atoms with Crippen molar-refractivity contribution in [2.24, 2.45) is 0 Å². The Morgan fingerprint density at radius 2 is 1.67 bits per heavy atom. The predicted molar refractivity (Wildman–Crippen MR) is 89.7 cm³/mol. The molecule has 1 heterocycles. The van der Waals surface area contributed by atoms with Crippen molar-refractivity contribution in [3.05, 3.63) is 54.1 Å². The van der Waals surface area contributed by atoms with Gasteiger partial charge in [0.05, 0.1) is 11.4 Å². The first kappa shape index (κ1) is 16.7. The van der Waals surface area contributed by atoms with Crippen LogP contribution in [0.15, 0.2) is 42.5 Å². The van der Waals surface area contributed by atoms with Crippen molar-refractivity contribution < 1.29 is 17.2 Å². The lowest BCUT2D eigenvalue weighted by Crippen LogP contribution is -2.37. The van der Waals surface area contributed by atoms with Gasteiger partial charge in [0.1, 0.15) is 17.3 Å². The topological polar surface area (TPSA) is 52.6 Å². The third-order valence-corrected chi connectivity index (χ3v) is 5.58. The van der Waals surface area contributed by atoms with E-state index in [1.807, 2.05) is 0 Å². The quantitative estimate of drug-likeness (QED) is 0.841. The van der Waals surface area contributed by atoms with Crippen LogP contribution in [0.5, 0.6) is 0 Å². The molecule has 0 radical (unpaired) electrons. The first-order chi connectivity index (χ1) is 11.5. The summed E-state index contributed by atoms with van der Waals surface area (Å²) >= 11 is 0. The summed E-state index contributed by atoms with van der Waals surface area (Å²) in [5.41, 5.74) is -0.0538. The fourth-order valence-corrected chi connectivity index (χ4v) is 4.51. The van der Waals surface area contributed by atoms with E-state index < -0.39 is 21.8 Å². The SMILES string of the molecule is CNCCCN1c2c(F)cccc2N(c2ccccc2F)S1(=O)=O. The highest BCUT2D eigenvalue weighted by molar-refractivity contribution is 7.95. The molecule has 0 fully saturated rings. The van der Waals surface area contributed by atoms with E-state index in [1.165, 1.54) is 42.5 Å². The smallest absolute Gasteiger partial charge is 0.320 e. The van der Waals surface area contributed by atoms with E-state index in [-0.39, 0.29) is 23.6 Å². The number of rotatable bonds is 5. The van der Waals surface area contributed by atoms with Gasteiger partial charge in [0, 0.05) is 6.54 Å². The molecule has 0 bridgehead atoms. The largest absolute Gasteiger partial charge is 0.331 e. The number of para-hydroxylation sites is 2. The minimum atomic E-state index is -4.11. The van der Waals surface area contributed by atoms with E-state index >= 15 is 0 Å². The van der Waals surface area contributed by atoms with Crippen LogP contribution in [0.1, 0.15) is 6.42 Å². The van der Waals surface area contributed by atoms with Gasteiger partial charge in [-0.15, -0.1) is 0 Å². The molecule has 0 amide bonds. The van der Waals surface area contributed by atoms with Crippen LogP contribution in [0.2, 0.25) is 0 Å². The van der Waals surface area contributed by atoms with E-state index in [1.54, 1.807) is 7.05 Å². The monoisotopic (exact) mass is 353 g/mol. The number of anilines is 3. The molecule has 128 valence electrons. The van der Waals surface area contributed by atoms with Gasteiger partial charge >= 0.3 is 10.2 Å². The molecule has 2 aromatic carbocycles. The predicted octanol–water partition coefficient (Wildman–Crippen LogP) is 2.78. The number of nitrogens with zero attached hydrogens (tertiary/aromatic N) is 2. The fraction of sp³-hybridized carbons (Fsp3) is 0.250. The van der Waals surface area contributed by atoms with Crippen LogP contribution >= 0.6 is 0 Å². The average molecular weight is 353 g/mol. The van der Waals surface area contributed by atoms with Gasteiger partial charge in [-0.25, -0.2) is 17.4 Å². The zero-order valence-corrected chi connectivity index (χ0v) is 13.9. The molecule has 1 aliphatic heterocycles. The molecule has 8 heteroatoms. The highest BCUT2D eigenvalue weighted by Gasteiger charge is 2.43. The third-order valence-electron chi connectivity index (χ3n) is 3.80. The molecule has 0 aromatic heterocycles. The van der Waals surface area contributed by atoms with Crippen molar-refractivity contribution in [1.82, 2.24) is 5.32 Å². The van der Waals surface area contributed by atoms with Gasteiger partial charge in [-0.1, -0.05) is 18.2 Å². The van der Waals surface area contributed by atoms with Gasteiger partial charge in [0.15, 0.2) is 0 Å². The molecule has 2 aromatic rings. The molecule has 0 spiro atoms. The van der Waals surface area contributed by atoms with Crippen molar-refractivity contribution in [1.29, 1.82) is 0 Å². The van der Waals surface area contributed by atoms with E-state index in [0.717, 1.165) is 8.61 Å². The van der Waals surface area contributed by atoms with E-state index in [0.29, 0.717) is 13.0 Å².